The second kappa shape index (κ2) is 4.85. The second-order valence-corrected chi connectivity index (χ2v) is 4.41. The molecule has 0 aliphatic carbocycles. The predicted octanol–water partition coefficient (Wildman–Crippen LogP) is 2.54. The molecule has 0 aliphatic rings. The summed E-state index contributed by atoms with van der Waals surface area (Å²) < 4.78 is 7.14. The Morgan fingerprint density at radius 2 is 2.21 bits per heavy atom. The number of nitrogens with zero attached hydrogens (tertiary/aromatic N) is 4. The molecule has 5 nitrogen and oxygen atoms in total. The summed E-state index contributed by atoms with van der Waals surface area (Å²) >= 11 is 5.81. The largest absolute Gasteiger partial charge is 0.497 e. The summed E-state index contributed by atoms with van der Waals surface area (Å²) in [7, 11) is 1.65. The zero-order chi connectivity index (χ0) is 13.2. The van der Waals surface area contributed by atoms with Gasteiger partial charge in [0.2, 0.25) is 5.28 Å². The lowest BCUT2D eigenvalue weighted by Gasteiger charge is -2.06. The SMILES string of the molecule is COc1cccc(Cn2cnc3cnc(Cl)nc32)c1. The van der Waals surface area contributed by atoms with E-state index in [0.29, 0.717) is 6.54 Å². The highest BCUT2D eigenvalue weighted by Crippen LogP contribution is 2.16. The summed E-state index contributed by atoms with van der Waals surface area (Å²) in [6, 6.07) is 7.87. The van der Waals surface area contributed by atoms with E-state index < -0.39 is 0 Å². The minimum Gasteiger partial charge on any atom is -0.497 e. The fourth-order valence-corrected chi connectivity index (χ4v) is 2.05. The van der Waals surface area contributed by atoms with Crippen LogP contribution in [0.4, 0.5) is 0 Å². The Morgan fingerprint density at radius 3 is 3.05 bits per heavy atom. The number of ether oxygens (including phenoxy) is 1. The van der Waals surface area contributed by atoms with Gasteiger partial charge in [-0.25, -0.2) is 9.97 Å². The summed E-state index contributed by atoms with van der Waals surface area (Å²) in [5, 5.41) is 0.222. The first kappa shape index (κ1) is 11.9. The lowest BCUT2D eigenvalue weighted by molar-refractivity contribution is 0.414. The van der Waals surface area contributed by atoms with E-state index in [1.807, 2.05) is 28.8 Å². The normalized spacial score (nSPS) is 10.8. The summed E-state index contributed by atoms with van der Waals surface area (Å²) in [6.45, 7) is 0.654. The van der Waals surface area contributed by atoms with Crippen molar-refractivity contribution < 1.29 is 4.74 Å². The van der Waals surface area contributed by atoms with Crippen molar-refractivity contribution in [2.45, 2.75) is 6.54 Å². The minimum atomic E-state index is 0.222. The van der Waals surface area contributed by atoms with Crippen molar-refractivity contribution in [2.24, 2.45) is 0 Å². The van der Waals surface area contributed by atoms with Gasteiger partial charge in [-0.3, -0.25) is 0 Å². The van der Waals surface area contributed by atoms with Crippen molar-refractivity contribution in [2.75, 3.05) is 7.11 Å². The Morgan fingerprint density at radius 1 is 1.32 bits per heavy atom. The molecule has 3 rings (SSSR count). The lowest BCUT2D eigenvalue weighted by Crippen LogP contribution is -2.00. The van der Waals surface area contributed by atoms with Crippen molar-refractivity contribution in [1.82, 2.24) is 19.5 Å². The number of aromatic nitrogens is 4. The monoisotopic (exact) mass is 274 g/mol. The van der Waals surface area contributed by atoms with Crippen LogP contribution < -0.4 is 4.74 Å². The van der Waals surface area contributed by atoms with Crippen LogP contribution in [-0.2, 0) is 6.54 Å². The summed E-state index contributed by atoms with van der Waals surface area (Å²) in [4.78, 5) is 12.4. The van der Waals surface area contributed by atoms with Gasteiger partial charge in [0.25, 0.3) is 0 Å². The molecule has 0 saturated heterocycles. The van der Waals surface area contributed by atoms with Crippen LogP contribution in [0.15, 0.2) is 36.8 Å². The van der Waals surface area contributed by atoms with E-state index in [1.165, 1.54) is 0 Å². The molecule has 0 bridgehead atoms. The van der Waals surface area contributed by atoms with Crippen LogP contribution >= 0.6 is 11.6 Å². The van der Waals surface area contributed by atoms with E-state index in [-0.39, 0.29) is 5.28 Å². The van der Waals surface area contributed by atoms with Gasteiger partial charge in [-0.15, -0.1) is 0 Å². The van der Waals surface area contributed by atoms with E-state index in [1.54, 1.807) is 19.6 Å². The number of imidazole rings is 1. The molecule has 0 aliphatic heterocycles. The van der Waals surface area contributed by atoms with Gasteiger partial charge in [0.05, 0.1) is 26.2 Å². The van der Waals surface area contributed by atoms with Crippen LogP contribution in [-0.4, -0.2) is 26.6 Å². The van der Waals surface area contributed by atoms with E-state index in [9.17, 15) is 0 Å². The molecule has 0 radical (unpaired) electrons. The number of hydrogen-bond donors (Lipinski definition) is 0. The number of rotatable bonds is 3. The minimum absolute atomic E-state index is 0.222. The maximum atomic E-state index is 5.81. The number of hydrogen-bond acceptors (Lipinski definition) is 4. The predicted molar refractivity (Wildman–Crippen MR) is 72.4 cm³/mol. The van der Waals surface area contributed by atoms with E-state index in [4.69, 9.17) is 16.3 Å². The molecule has 0 saturated carbocycles. The molecule has 0 amide bonds. The molecule has 96 valence electrons. The Labute approximate surface area is 114 Å². The number of benzene rings is 1. The zero-order valence-electron chi connectivity index (χ0n) is 10.2. The third kappa shape index (κ3) is 2.37. The van der Waals surface area contributed by atoms with Gasteiger partial charge in [0.15, 0.2) is 5.65 Å². The molecule has 0 atom stereocenters. The van der Waals surface area contributed by atoms with Crippen molar-refractivity contribution in [3.8, 4) is 5.75 Å². The van der Waals surface area contributed by atoms with Crippen molar-refractivity contribution in [3.05, 3.63) is 47.6 Å². The summed E-state index contributed by atoms with van der Waals surface area (Å²) in [5.74, 6) is 0.828. The molecule has 0 fully saturated rings. The van der Waals surface area contributed by atoms with Crippen molar-refractivity contribution >= 4 is 22.8 Å². The maximum Gasteiger partial charge on any atom is 0.224 e. The van der Waals surface area contributed by atoms with Gasteiger partial charge in [0, 0.05) is 0 Å². The van der Waals surface area contributed by atoms with Crippen LogP contribution in [0.2, 0.25) is 5.28 Å². The Bertz CT molecular complexity index is 725. The van der Waals surface area contributed by atoms with E-state index in [0.717, 1.165) is 22.5 Å². The highest BCUT2D eigenvalue weighted by Gasteiger charge is 2.06. The van der Waals surface area contributed by atoms with E-state index in [2.05, 4.69) is 15.0 Å². The van der Waals surface area contributed by atoms with E-state index >= 15 is 0 Å². The first-order chi connectivity index (χ1) is 9.26. The molecule has 0 unspecified atom stereocenters. The number of halogens is 1. The van der Waals surface area contributed by atoms with Gasteiger partial charge < -0.3 is 9.30 Å². The van der Waals surface area contributed by atoms with Gasteiger partial charge in [0.1, 0.15) is 11.3 Å². The average molecular weight is 275 g/mol. The first-order valence-corrected chi connectivity index (χ1v) is 6.10. The number of fused-ring (bicyclic) bond motifs is 1. The molecule has 2 aromatic heterocycles. The maximum absolute atomic E-state index is 5.81. The first-order valence-electron chi connectivity index (χ1n) is 5.72. The van der Waals surface area contributed by atoms with Gasteiger partial charge in [-0.1, -0.05) is 12.1 Å². The van der Waals surface area contributed by atoms with Crippen LogP contribution in [0, 0.1) is 0 Å². The number of methoxy groups -OCH3 is 1. The molecular weight excluding hydrogens is 264 g/mol. The highest BCUT2D eigenvalue weighted by molar-refractivity contribution is 6.28. The van der Waals surface area contributed by atoms with Gasteiger partial charge in [-0.2, -0.15) is 4.98 Å². The zero-order valence-corrected chi connectivity index (χ0v) is 11.0. The topological polar surface area (TPSA) is 52.8 Å². The molecule has 0 spiro atoms. The quantitative estimate of drug-likeness (QED) is 0.689. The Hall–Kier alpha value is -2.14. The molecule has 3 aromatic rings. The van der Waals surface area contributed by atoms with Crippen molar-refractivity contribution in [1.29, 1.82) is 0 Å². The van der Waals surface area contributed by atoms with Crippen LogP contribution in [0.1, 0.15) is 5.56 Å². The summed E-state index contributed by atoms with van der Waals surface area (Å²) in [5.41, 5.74) is 2.56. The van der Waals surface area contributed by atoms with Crippen molar-refractivity contribution in [3.63, 3.8) is 0 Å². The summed E-state index contributed by atoms with van der Waals surface area (Å²) in [6.07, 6.45) is 3.35. The fourth-order valence-electron chi connectivity index (χ4n) is 1.92. The van der Waals surface area contributed by atoms with Crippen LogP contribution in [0.25, 0.3) is 11.2 Å². The van der Waals surface area contributed by atoms with Gasteiger partial charge >= 0.3 is 0 Å². The third-order valence-electron chi connectivity index (χ3n) is 2.82. The van der Waals surface area contributed by atoms with Crippen LogP contribution in [0.3, 0.4) is 0 Å². The fraction of sp³-hybridized carbons (Fsp3) is 0.154. The molecule has 6 heteroatoms. The Kier molecular flexibility index (Phi) is 3.05. The van der Waals surface area contributed by atoms with Gasteiger partial charge in [-0.05, 0) is 29.3 Å². The molecular formula is C13H11ClN4O. The standard InChI is InChI=1S/C13H11ClN4O/c1-19-10-4-2-3-9(5-10)7-18-8-16-11-6-15-13(14)17-12(11)18/h2-6,8H,7H2,1H3. The van der Waals surface area contributed by atoms with Crippen LogP contribution in [0.5, 0.6) is 5.75 Å². The molecule has 2 heterocycles. The second-order valence-electron chi connectivity index (χ2n) is 4.07. The molecule has 19 heavy (non-hydrogen) atoms. The Balaban J connectivity index is 1.98. The smallest absolute Gasteiger partial charge is 0.224 e. The average Bonchev–Trinajstić information content (AvgIpc) is 2.81. The lowest BCUT2D eigenvalue weighted by atomic mass is 10.2. The third-order valence-corrected chi connectivity index (χ3v) is 3.00. The molecule has 1 aromatic carbocycles. The molecule has 0 N–H and O–H groups in total. The highest BCUT2D eigenvalue weighted by atomic mass is 35.5.